The van der Waals surface area contributed by atoms with Gasteiger partial charge in [-0.25, -0.2) is 9.82 Å². The molecule has 0 aliphatic heterocycles. The van der Waals surface area contributed by atoms with Gasteiger partial charge < -0.3 is 0 Å². The highest BCUT2D eigenvalue weighted by Crippen LogP contribution is 2.31. The molecule has 3 N–H and O–H groups in total. The first-order chi connectivity index (χ1) is 9.02. The van der Waals surface area contributed by atoms with Crippen LogP contribution in [0.3, 0.4) is 0 Å². The fourth-order valence-electron chi connectivity index (χ4n) is 1.69. The summed E-state index contributed by atoms with van der Waals surface area (Å²) in [6, 6.07) is 5.99. The molecule has 1 unspecified atom stereocenters. The molecule has 2 aromatic rings. The van der Waals surface area contributed by atoms with E-state index < -0.39 is 6.04 Å². The van der Waals surface area contributed by atoms with Crippen LogP contribution < -0.4 is 11.3 Å². The minimum atomic E-state index is -0.542. The minimum absolute atomic E-state index is 0.345. The molecule has 100 valence electrons. The van der Waals surface area contributed by atoms with Gasteiger partial charge in [0, 0.05) is 25.2 Å². The van der Waals surface area contributed by atoms with Gasteiger partial charge in [-0.3, -0.25) is 10.8 Å². The van der Waals surface area contributed by atoms with Crippen LogP contribution >= 0.6 is 47.8 Å². The number of halogens is 4. The zero-order valence-corrected chi connectivity index (χ0v) is 14.3. The Balaban J connectivity index is 2.52. The van der Waals surface area contributed by atoms with Crippen molar-refractivity contribution in [1.82, 2.24) is 10.4 Å². The van der Waals surface area contributed by atoms with E-state index in [-0.39, 0.29) is 5.82 Å². The number of nitrogens with two attached hydrogens (primary N) is 1. The number of rotatable bonds is 3. The molecule has 1 aromatic heterocycles. The number of nitrogens with zero attached hydrogens (tertiary/aromatic N) is 1. The third-order valence-corrected chi connectivity index (χ3v) is 4.11. The predicted molar refractivity (Wildman–Crippen MR) is 82.9 cm³/mol. The molecule has 0 saturated carbocycles. The molecule has 0 radical (unpaired) electrons. The van der Waals surface area contributed by atoms with Gasteiger partial charge in [-0.1, -0.05) is 15.9 Å². The molecule has 3 nitrogen and oxygen atoms in total. The maximum atomic E-state index is 13.9. The monoisotopic (exact) mass is 451 g/mol. The average Bonchev–Trinajstić information content (AvgIpc) is 2.36. The fraction of sp³-hybridized carbons (Fsp3) is 0.0833. The number of nitrogens with one attached hydrogen (secondary N) is 1. The Morgan fingerprint density at radius 1 is 1.16 bits per heavy atom. The Hall–Kier alpha value is -0.340. The van der Waals surface area contributed by atoms with Crippen molar-refractivity contribution in [2.24, 2.45) is 5.84 Å². The van der Waals surface area contributed by atoms with E-state index in [2.05, 4.69) is 58.2 Å². The van der Waals surface area contributed by atoms with Crippen molar-refractivity contribution in [3.8, 4) is 0 Å². The van der Waals surface area contributed by atoms with Crippen LogP contribution in [-0.2, 0) is 0 Å². The largest absolute Gasteiger partial charge is 0.271 e. The van der Waals surface area contributed by atoms with E-state index in [1.54, 1.807) is 18.3 Å². The Kier molecular flexibility index (Phi) is 5.08. The number of hydrogen-bond donors (Lipinski definition) is 2. The fourth-order valence-corrected chi connectivity index (χ4v) is 3.28. The van der Waals surface area contributed by atoms with Crippen LogP contribution in [0, 0.1) is 5.82 Å². The Bertz CT molecular complexity index is 607. The molecule has 0 fully saturated rings. The molecule has 1 aromatic carbocycles. The van der Waals surface area contributed by atoms with Gasteiger partial charge in [0.15, 0.2) is 0 Å². The van der Waals surface area contributed by atoms with Crippen molar-refractivity contribution in [1.29, 1.82) is 0 Å². The molecule has 2 rings (SSSR count). The summed E-state index contributed by atoms with van der Waals surface area (Å²) in [7, 11) is 0. The highest BCUT2D eigenvalue weighted by Gasteiger charge is 2.20. The van der Waals surface area contributed by atoms with Gasteiger partial charge in [-0.2, -0.15) is 0 Å². The van der Waals surface area contributed by atoms with E-state index in [1.165, 1.54) is 6.07 Å². The minimum Gasteiger partial charge on any atom is -0.271 e. The van der Waals surface area contributed by atoms with Crippen LogP contribution in [0.4, 0.5) is 4.39 Å². The highest BCUT2D eigenvalue weighted by atomic mass is 79.9. The second-order valence-corrected chi connectivity index (χ2v) is 6.47. The van der Waals surface area contributed by atoms with E-state index in [0.29, 0.717) is 11.3 Å². The standard InChI is InChI=1S/C12H9Br3FN3/c13-6-1-2-10(16)8(3-6)11(19-17)12-9(15)4-7(14)5-18-12/h1-5,11,19H,17H2. The molecule has 0 saturated heterocycles. The van der Waals surface area contributed by atoms with E-state index in [4.69, 9.17) is 5.84 Å². The van der Waals surface area contributed by atoms with Crippen LogP contribution in [-0.4, -0.2) is 4.98 Å². The van der Waals surface area contributed by atoms with Crippen LogP contribution in [0.1, 0.15) is 17.3 Å². The van der Waals surface area contributed by atoms with Gasteiger partial charge in [-0.05, 0) is 56.1 Å². The summed E-state index contributed by atoms with van der Waals surface area (Å²) in [6.45, 7) is 0. The van der Waals surface area contributed by atoms with Crippen LogP contribution in [0.2, 0.25) is 0 Å². The molecule has 7 heteroatoms. The Labute approximate surface area is 135 Å². The summed E-state index contributed by atoms with van der Waals surface area (Å²) in [4.78, 5) is 4.28. The summed E-state index contributed by atoms with van der Waals surface area (Å²) in [5, 5.41) is 0. The first kappa shape index (κ1) is 15.1. The van der Waals surface area contributed by atoms with Crippen LogP contribution in [0.5, 0.6) is 0 Å². The number of hydrazine groups is 1. The van der Waals surface area contributed by atoms with Crippen molar-refractivity contribution in [2.45, 2.75) is 6.04 Å². The molecule has 19 heavy (non-hydrogen) atoms. The molecule has 0 aliphatic carbocycles. The zero-order valence-electron chi connectivity index (χ0n) is 9.50. The molecule has 1 heterocycles. The second kappa shape index (κ2) is 6.41. The molecule has 0 spiro atoms. The van der Waals surface area contributed by atoms with Gasteiger partial charge in [0.25, 0.3) is 0 Å². The SMILES string of the molecule is NNC(c1cc(Br)ccc1F)c1ncc(Br)cc1Br. The summed E-state index contributed by atoms with van der Waals surface area (Å²) in [6.07, 6.45) is 1.64. The maximum Gasteiger partial charge on any atom is 0.128 e. The second-order valence-electron chi connectivity index (χ2n) is 3.79. The van der Waals surface area contributed by atoms with E-state index >= 15 is 0 Å². The van der Waals surface area contributed by atoms with Crippen LogP contribution in [0.25, 0.3) is 0 Å². The maximum absolute atomic E-state index is 13.9. The lowest BCUT2D eigenvalue weighted by Crippen LogP contribution is -2.30. The quantitative estimate of drug-likeness (QED) is 0.544. The molecular formula is C12H9Br3FN3. The number of hydrogen-bond acceptors (Lipinski definition) is 3. The van der Waals surface area contributed by atoms with Gasteiger partial charge in [-0.15, -0.1) is 0 Å². The molecule has 0 aliphatic rings. The third kappa shape index (κ3) is 3.41. The van der Waals surface area contributed by atoms with E-state index in [1.807, 2.05) is 6.07 Å². The van der Waals surface area contributed by atoms with Gasteiger partial charge in [0.05, 0.1) is 11.7 Å². The van der Waals surface area contributed by atoms with Crippen molar-refractivity contribution in [3.63, 3.8) is 0 Å². The van der Waals surface area contributed by atoms with E-state index in [9.17, 15) is 4.39 Å². The lowest BCUT2D eigenvalue weighted by Gasteiger charge is -2.18. The zero-order chi connectivity index (χ0) is 14.0. The summed E-state index contributed by atoms with van der Waals surface area (Å²) in [5.41, 5.74) is 3.63. The molecular weight excluding hydrogens is 445 g/mol. The number of aromatic nitrogens is 1. The smallest absolute Gasteiger partial charge is 0.128 e. The predicted octanol–water partition coefficient (Wildman–Crippen LogP) is 4.06. The first-order valence-electron chi connectivity index (χ1n) is 5.25. The summed E-state index contributed by atoms with van der Waals surface area (Å²) < 4.78 is 16.3. The average molecular weight is 454 g/mol. The van der Waals surface area contributed by atoms with Gasteiger partial charge >= 0.3 is 0 Å². The normalized spacial score (nSPS) is 12.5. The van der Waals surface area contributed by atoms with Crippen molar-refractivity contribution < 1.29 is 4.39 Å². The number of pyridine rings is 1. The highest BCUT2D eigenvalue weighted by molar-refractivity contribution is 9.11. The van der Waals surface area contributed by atoms with Crippen molar-refractivity contribution in [3.05, 3.63) is 61.0 Å². The third-order valence-electron chi connectivity index (χ3n) is 2.55. The Morgan fingerprint density at radius 3 is 2.53 bits per heavy atom. The van der Waals surface area contributed by atoms with Crippen molar-refractivity contribution in [2.75, 3.05) is 0 Å². The van der Waals surface area contributed by atoms with Gasteiger partial charge in [0.2, 0.25) is 0 Å². The lowest BCUT2D eigenvalue weighted by molar-refractivity contribution is 0.551. The lowest BCUT2D eigenvalue weighted by atomic mass is 10.0. The Morgan fingerprint density at radius 2 is 1.89 bits per heavy atom. The van der Waals surface area contributed by atoms with Crippen molar-refractivity contribution >= 4 is 47.8 Å². The summed E-state index contributed by atoms with van der Waals surface area (Å²) >= 11 is 10.1. The molecule has 0 bridgehead atoms. The molecule has 0 amide bonds. The molecule has 1 atom stereocenters. The summed E-state index contributed by atoms with van der Waals surface area (Å²) in [5.74, 6) is 5.21. The topological polar surface area (TPSA) is 50.9 Å². The van der Waals surface area contributed by atoms with Crippen LogP contribution in [0.15, 0.2) is 43.9 Å². The number of benzene rings is 1. The van der Waals surface area contributed by atoms with Gasteiger partial charge in [0.1, 0.15) is 5.82 Å². The van der Waals surface area contributed by atoms with E-state index in [0.717, 1.165) is 13.4 Å². The first-order valence-corrected chi connectivity index (χ1v) is 7.63.